The zero-order valence-electron chi connectivity index (χ0n) is 12.1. The van der Waals surface area contributed by atoms with Gasteiger partial charge in [0.05, 0.1) is 12.2 Å². The number of benzene rings is 1. The highest BCUT2D eigenvalue weighted by Gasteiger charge is 2.14. The lowest BCUT2D eigenvalue weighted by molar-refractivity contribution is 0.0692. The molecule has 0 aliphatic carbocycles. The molecule has 21 heavy (non-hydrogen) atoms. The Balaban J connectivity index is 2.72. The summed E-state index contributed by atoms with van der Waals surface area (Å²) in [7, 11) is 0. The normalized spacial score (nSPS) is 10.2. The van der Waals surface area contributed by atoms with Gasteiger partial charge in [0.2, 0.25) is 0 Å². The fourth-order valence-corrected chi connectivity index (χ4v) is 1.69. The number of nitrogens with one attached hydrogen (secondary N) is 1. The van der Waals surface area contributed by atoms with Crippen molar-refractivity contribution in [3.8, 4) is 0 Å². The average molecular weight is 298 g/mol. The Morgan fingerprint density at radius 2 is 2.10 bits per heavy atom. The van der Waals surface area contributed by atoms with Gasteiger partial charge in [-0.2, -0.15) is 0 Å². The van der Waals surface area contributed by atoms with Gasteiger partial charge in [-0.15, -0.1) is 0 Å². The van der Waals surface area contributed by atoms with Crippen molar-refractivity contribution in [2.75, 3.05) is 31.6 Å². The number of carboxylic acids is 1. The summed E-state index contributed by atoms with van der Waals surface area (Å²) in [6.45, 7) is 5.57. The Bertz CT molecular complexity index is 508. The maximum Gasteiger partial charge on any atom is 0.338 e. The average Bonchev–Trinajstić information content (AvgIpc) is 2.45. The Labute approximate surface area is 122 Å². The number of amides is 2. The molecule has 1 aromatic rings. The highest BCUT2D eigenvalue weighted by Crippen LogP contribution is 2.15. The maximum atomic E-state index is 13.3. The zero-order chi connectivity index (χ0) is 15.8. The van der Waals surface area contributed by atoms with Crippen LogP contribution in [-0.2, 0) is 4.74 Å². The van der Waals surface area contributed by atoms with E-state index in [2.05, 4.69) is 5.32 Å². The summed E-state index contributed by atoms with van der Waals surface area (Å²) >= 11 is 0. The monoisotopic (exact) mass is 298 g/mol. The van der Waals surface area contributed by atoms with Crippen LogP contribution < -0.4 is 5.32 Å². The van der Waals surface area contributed by atoms with Crippen molar-refractivity contribution in [2.45, 2.75) is 13.8 Å². The summed E-state index contributed by atoms with van der Waals surface area (Å²) in [6.07, 6.45) is 0. The molecule has 0 aliphatic rings. The lowest BCUT2D eigenvalue weighted by Gasteiger charge is -2.21. The number of hydrogen-bond acceptors (Lipinski definition) is 3. The molecule has 7 heteroatoms. The van der Waals surface area contributed by atoms with E-state index in [0.29, 0.717) is 26.3 Å². The molecule has 0 atom stereocenters. The van der Waals surface area contributed by atoms with Crippen LogP contribution in [0.5, 0.6) is 0 Å². The van der Waals surface area contributed by atoms with Gasteiger partial charge in [0.25, 0.3) is 0 Å². The van der Waals surface area contributed by atoms with E-state index in [1.165, 1.54) is 11.0 Å². The molecular weight excluding hydrogens is 279 g/mol. The third-order valence-corrected chi connectivity index (χ3v) is 2.83. The van der Waals surface area contributed by atoms with Gasteiger partial charge in [-0.05, 0) is 32.0 Å². The molecule has 0 saturated heterocycles. The van der Waals surface area contributed by atoms with E-state index in [1.807, 2.05) is 13.8 Å². The number of carbonyl (C=O) groups is 2. The second-order valence-electron chi connectivity index (χ2n) is 4.21. The molecule has 2 N–H and O–H groups in total. The van der Waals surface area contributed by atoms with Crippen LogP contribution in [-0.4, -0.2) is 48.3 Å². The van der Waals surface area contributed by atoms with Crippen LogP contribution in [0.2, 0.25) is 0 Å². The molecule has 0 heterocycles. The molecule has 116 valence electrons. The molecule has 1 rings (SSSR count). The highest BCUT2D eigenvalue weighted by atomic mass is 19.1. The number of carboxylic acid groups (broad SMARTS) is 1. The summed E-state index contributed by atoms with van der Waals surface area (Å²) in [5.41, 5.74) is -0.251. The van der Waals surface area contributed by atoms with Gasteiger partial charge < -0.3 is 20.1 Å². The van der Waals surface area contributed by atoms with Gasteiger partial charge in [0.15, 0.2) is 0 Å². The van der Waals surface area contributed by atoms with Crippen LogP contribution in [0.1, 0.15) is 24.2 Å². The first kappa shape index (κ1) is 16.9. The van der Waals surface area contributed by atoms with Crippen LogP contribution in [0.3, 0.4) is 0 Å². The van der Waals surface area contributed by atoms with Crippen LogP contribution in [0.15, 0.2) is 18.2 Å². The standard InChI is InChI=1S/C14H19FN2O4/c1-3-17(7-8-21-4-2)14(20)16-10-5-6-12(15)11(9-10)13(18)19/h5-6,9H,3-4,7-8H2,1-2H3,(H,16,20)(H,18,19). The molecule has 0 unspecified atom stereocenters. The predicted octanol–water partition coefficient (Wildman–Crippen LogP) is 2.41. The number of hydrogen-bond donors (Lipinski definition) is 2. The van der Waals surface area contributed by atoms with Gasteiger partial charge >= 0.3 is 12.0 Å². The van der Waals surface area contributed by atoms with E-state index >= 15 is 0 Å². The van der Waals surface area contributed by atoms with Crippen LogP contribution >= 0.6 is 0 Å². The molecule has 0 saturated carbocycles. The molecule has 0 spiro atoms. The van der Waals surface area contributed by atoms with Gasteiger partial charge in [0.1, 0.15) is 5.82 Å². The number of urea groups is 1. The van der Waals surface area contributed by atoms with Crippen LogP contribution in [0.25, 0.3) is 0 Å². The first-order chi connectivity index (χ1) is 9.99. The van der Waals surface area contributed by atoms with E-state index in [4.69, 9.17) is 9.84 Å². The smallest absolute Gasteiger partial charge is 0.338 e. The van der Waals surface area contributed by atoms with Crippen molar-refractivity contribution in [3.05, 3.63) is 29.6 Å². The van der Waals surface area contributed by atoms with E-state index in [9.17, 15) is 14.0 Å². The van der Waals surface area contributed by atoms with E-state index in [-0.39, 0.29) is 11.7 Å². The number of likely N-dealkylation sites (N-methyl/N-ethyl adjacent to an activating group) is 1. The number of aromatic carboxylic acids is 1. The first-order valence-electron chi connectivity index (χ1n) is 6.66. The van der Waals surface area contributed by atoms with E-state index in [1.54, 1.807) is 0 Å². The fourth-order valence-electron chi connectivity index (χ4n) is 1.69. The number of halogens is 1. The lowest BCUT2D eigenvalue weighted by Crippen LogP contribution is -2.37. The molecule has 0 aromatic heterocycles. The number of rotatable bonds is 7. The van der Waals surface area contributed by atoms with E-state index in [0.717, 1.165) is 12.1 Å². The second kappa shape index (κ2) is 8.21. The first-order valence-corrected chi connectivity index (χ1v) is 6.66. The van der Waals surface area contributed by atoms with Gasteiger partial charge in [-0.1, -0.05) is 0 Å². The van der Waals surface area contributed by atoms with Crippen molar-refractivity contribution >= 4 is 17.7 Å². The van der Waals surface area contributed by atoms with Crippen molar-refractivity contribution in [1.29, 1.82) is 0 Å². The van der Waals surface area contributed by atoms with Crippen LogP contribution in [0, 0.1) is 5.82 Å². The molecule has 6 nitrogen and oxygen atoms in total. The predicted molar refractivity (Wildman–Crippen MR) is 76.1 cm³/mol. The minimum atomic E-state index is -1.38. The third-order valence-electron chi connectivity index (χ3n) is 2.83. The van der Waals surface area contributed by atoms with Gasteiger partial charge in [-0.3, -0.25) is 0 Å². The SMILES string of the molecule is CCOCCN(CC)C(=O)Nc1ccc(F)c(C(=O)O)c1. The van der Waals surface area contributed by atoms with Crippen molar-refractivity contribution in [1.82, 2.24) is 4.90 Å². The van der Waals surface area contributed by atoms with Crippen molar-refractivity contribution < 1.29 is 23.8 Å². The molecule has 2 amide bonds. The Morgan fingerprint density at radius 1 is 1.38 bits per heavy atom. The molecule has 1 aromatic carbocycles. The Morgan fingerprint density at radius 3 is 2.67 bits per heavy atom. The summed E-state index contributed by atoms with van der Waals surface area (Å²) in [4.78, 5) is 24.4. The minimum Gasteiger partial charge on any atom is -0.478 e. The second-order valence-corrected chi connectivity index (χ2v) is 4.21. The maximum absolute atomic E-state index is 13.3. The minimum absolute atomic E-state index is 0.230. The van der Waals surface area contributed by atoms with Gasteiger partial charge in [0, 0.05) is 25.4 Å². The number of carbonyl (C=O) groups excluding carboxylic acids is 1. The zero-order valence-corrected chi connectivity index (χ0v) is 12.1. The highest BCUT2D eigenvalue weighted by molar-refractivity contribution is 5.93. The molecule has 0 bridgehead atoms. The number of nitrogens with zero attached hydrogens (tertiary/aromatic N) is 1. The number of anilines is 1. The number of ether oxygens (including phenoxy) is 1. The Kier molecular flexibility index (Phi) is 6.61. The molecule has 0 radical (unpaired) electrons. The van der Waals surface area contributed by atoms with Crippen LogP contribution in [0.4, 0.5) is 14.9 Å². The van der Waals surface area contributed by atoms with E-state index < -0.39 is 17.3 Å². The molecule has 0 aliphatic heterocycles. The largest absolute Gasteiger partial charge is 0.478 e. The summed E-state index contributed by atoms with van der Waals surface area (Å²) in [6, 6.07) is 3.03. The topological polar surface area (TPSA) is 78.9 Å². The fraction of sp³-hybridized carbons (Fsp3) is 0.429. The third kappa shape index (κ3) is 5.03. The van der Waals surface area contributed by atoms with Gasteiger partial charge in [-0.25, -0.2) is 14.0 Å². The Hall–Kier alpha value is -2.15. The summed E-state index contributed by atoms with van der Waals surface area (Å²) in [5.74, 6) is -2.23. The molecular formula is C14H19FN2O4. The van der Waals surface area contributed by atoms with Crippen molar-refractivity contribution in [3.63, 3.8) is 0 Å². The summed E-state index contributed by atoms with van der Waals surface area (Å²) < 4.78 is 18.5. The quantitative estimate of drug-likeness (QED) is 0.758. The van der Waals surface area contributed by atoms with Crippen molar-refractivity contribution in [2.24, 2.45) is 0 Å². The lowest BCUT2D eigenvalue weighted by atomic mass is 10.2. The summed E-state index contributed by atoms with van der Waals surface area (Å²) in [5, 5.41) is 11.4. The molecule has 0 fully saturated rings.